The molecule has 6 rings (SSSR count). The van der Waals surface area contributed by atoms with E-state index < -0.39 is 0 Å². The molecule has 5 fully saturated rings. The van der Waals surface area contributed by atoms with Crippen LogP contribution in [0, 0.1) is 23.2 Å². The second-order valence-corrected chi connectivity index (χ2v) is 10.5. The molecule has 1 aromatic rings. The van der Waals surface area contributed by atoms with Crippen LogP contribution in [0.2, 0.25) is 0 Å². The Morgan fingerprint density at radius 2 is 1.47 bits per heavy atom. The van der Waals surface area contributed by atoms with E-state index in [2.05, 4.69) is 39.8 Å². The van der Waals surface area contributed by atoms with Crippen molar-refractivity contribution in [3.8, 4) is 0 Å². The van der Waals surface area contributed by atoms with Crippen LogP contribution in [0.4, 0.5) is 5.69 Å². The van der Waals surface area contributed by atoms with Gasteiger partial charge in [-0.1, -0.05) is 12.1 Å². The highest BCUT2D eigenvalue weighted by Gasteiger charge is 2.51. The minimum Gasteiger partial charge on any atom is -0.372 e. The van der Waals surface area contributed by atoms with Gasteiger partial charge in [0, 0.05) is 31.7 Å². The molecule has 1 aromatic carbocycles. The molecule has 5 nitrogen and oxygen atoms in total. The normalized spacial score (nSPS) is 31.7. The molecule has 1 saturated heterocycles. The van der Waals surface area contributed by atoms with E-state index in [1.54, 1.807) is 0 Å². The molecule has 5 aliphatic rings. The highest BCUT2D eigenvalue weighted by Crippen LogP contribution is 2.61. The molecule has 4 aliphatic carbocycles. The zero-order valence-electron chi connectivity index (χ0n) is 18.0. The van der Waals surface area contributed by atoms with Crippen molar-refractivity contribution in [1.29, 1.82) is 0 Å². The zero-order chi connectivity index (χ0) is 20.6. The molecule has 1 heterocycles. The third-order valence-corrected chi connectivity index (χ3v) is 8.04. The summed E-state index contributed by atoms with van der Waals surface area (Å²) in [6, 6.07) is 8.44. The number of carbonyl (C=O) groups excluding carboxylic acids is 2. The van der Waals surface area contributed by atoms with E-state index in [4.69, 9.17) is 0 Å². The predicted octanol–water partition coefficient (Wildman–Crippen LogP) is 3.63. The lowest BCUT2D eigenvalue weighted by atomic mass is 9.49. The Balaban J connectivity index is 1.05. The molecule has 0 aromatic heterocycles. The molecule has 5 heteroatoms. The van der Waals surface area contributed by atoms with Gasteiger partial charge in [0.15, 0.2) is 0 Å². The van der Waals surface area contributed by atoms with Gasteiger partial charge in [-0.25, -0.2) is 0 Å². The Morgan fingerprint density at radius 3 is 2.07 bits per heavy atom. The second kappa shape index (κ2) is 8.24. The summed E-state index contributed by atoms with van der Waals surface area (Å²) in [7, 11) is 0. The summed E-state index contributed by atoms with van der Waals surface area (Å²) >= 11 is 0. The molecule has 0 atom stereocenters. The van der Waals surface area contributed by atoms with Gasteiger partial charge >= 0.3 is 0 Å². The number of carbonyl (C=O) groups is 2. The fourth-order valence-corrected chi connectivity index (χ4v) is 7.15. The maximum atomic E-state index is 12.6. The molecule has 2 N–H and O–H groups in total. The van der Waals surface area contributed by atoms with E-state index in [-0.39, 0.29) is 23.8 Å². The number of rotatable bonds is 7. The van der Waals surface area contributed by atoms with Gasteiger partial charge in [-0.05, 0) is 92.2 Å². The summed E-state index contributed by atoms with van der Waals surface area (Å²) in [5, 5.41) is 5.82. The Kier molecular flexibility index (Phi) is 5.46. The SMILES string of the molecule is O=C(CNC(=O)CC12CC3CC(CC(C3)C1)C2)NCc1ccc(N2CCCC2)cc1. The van der Waals surface area contributed by atoms with Crippen molar-refractivity contribution in [3.63, 3.8) is 0 Å². The third kappa shape index (κ3) is 4.35. The first-order chi connectivity index (χ1) is 14.6. The number of nitrogens with one attached hydrogen (secondary N) is 2. The summed E-state index contributed by atoms with van der Waals surface area (Å²) in [5.74, 6) is 2.50. The number of hydrogen-bond donors (Lipinski definition) is 2. The Labute approximate surface area is 180 Å². The van der Waals surface area contributed by atoms with Gasteiger partial charge in [0.2, 0.25) is 11.8 Å². The molecule has 1 aliphatic heterocycles. The van der Waals surface area contributed by atoms with E-state index in [1.165, 1.54) is 57.1 Å². The second-order valence-electron chi connectivity index (χ2n) is 10.5. The van der Waals surface area contributed by atoms with Crippen molar-refractivity contribution in [3.05, 3.63) is 29.8 Å². The molecular weight excluding hydrogens is 374 g/mol. The monoisotopic (exact) mass is 409 g/mol. The molecule has 2 amide bonds. The maximum Gasteiger partial charge on any atom is 0.239 e. The van der Waals surface area contributed by atoms with Gasteiger partial charge in [-0.2, -0.15) is 0 Å². The van der Waals surface area contributed by atoms with Crippen LogP contribution >= 0.6 is 0 Å². The van der Waals surface area contributed by atoms with E-state index in [1.807, 2.05) is 0 Å². The van der Waals surface area contributed by atoms with Crippen molar-refractivity contribution < 1.29 is 9.59 Å². The molecule has 30 heavy (non-hydrogen) atoms. The lowest BCUT2D eigenvalue weighted by Crippen LogP contribution is -2.48. The first kappa shape index (κ1) is 19.9. The minimum absolute atomic E-state index is 0.0575. The fraction of sp³-hybridized carbons (Fsp3) is 0.680. The number of benzene rings is 1. The molecule has 4 saturated carbocycles. The first-order valence-corrected chi connectivity index (χ1v) is 11.9. The van der Waals surface area contributed by atoms with E-state index >= 15 is 0 Å². The van der Waals surface area contributed by atoms with Crippen LogP contribution in [-0.4, -0.2) is 31.4 Å². The number of amides is 2. The summed E-state index contributed by atoms with van der Waals surface area (Å²) in [6.45, 7) is 2.86. The molecule has 4 bridgehead atoms. The van der Waals surface area contributed by atoms with E-state index in [0.717, 1.165) is 36.4 Å². The molecule has 162 valence electrons. The highest BCUT2D eigenvalue weighted by molar-refractivity contribution is 5.85. The summed E-state index contributed by atoms with van der Waals surface area (Å²) in [4.78, 5) is 27.2. The first-order valence-electron chi connectivity index (χ1n) is 11.9. The molecule has 0 unspecified atom stereocenters. The van der Waals surface area contributed by atoms with Crippen LogP contribution < -0.4 is 15.5 Å². The summed E-state index contributed by atoms with van der Waals surface area (Å²) in [6.07, 6.45) is 11.0. The fourth-order valence-electron chi connectivity index (χ4n) is 7.15. The Morgan fingerprint density at radius 1 is 0.867 bits per heavy atom. The van der Waals surface area contributed by atoms with Gasteiger partial charge in [-0.15, -0.1) is 0 Å². The summed E-state index contributed by atoms with van der Waals surface area (Å²) in [5.41, 5.74) is 2.58. The van der Waals surface area contributed by atoms with E-state index in [0.29, 0.717) is 13.0 Å². The lowest BCUT2D eigenvalue weighted by molar-refractivity contribution is -0.131. The van der Waals surface area contributed by atoms with Crippen LogP contribution in [0.15, 0.2) is 24.3 Å². The van der Waals surface area contributed by atoms with Gasteiger partial charge < -0.3 is 15.5 Å². The van der Waals surface area contributed by atoms with Gasteiger partial charge in [0.25, 0.3) is 0 Å². The topological polar surface area (TPSA) is 61.4 Å². The summed E-state index contributed by atoms with van der Waals surface area (Å²) < 4.78 is 0. The molecular formula is C25H35N3O2. The van der Waals surface area contributed by atoms with Crippen LogP contribution in [-0.2, 0) is 16.1 Å². The average molecular weight is 410 g/mol. The highest BCUT2D eigenvalue weighted by atomic mass is 16.2. The van der Waals surface area contributed by atoms with Crippen LogP contribution in [0.5, 0.6) is 0 Å². The third-order valence-electron chi connectivity index (χ3n) is 8.04. The predicted molar refractivity (Wildman–Crippen MR) is 118 cm³/mol. The molecule has 0 radical (unpaired) electrons. The van der Waals surface area contributed by atoms with Gasteiger partial charge in [0.1, 0.15) is 0 Å². The maximum absolute atomic E-state index is 12.6. The largest absolute Gasteiger partial charge is 0.372 e. The number of hydrogen-bond acceptors (Lipinski definition) is 3. The van der Waals surface area contributed by atoms with Gasteiger partial charge in [-0.3, -0.25) is 9.59 Å². The Bertz CT molecular complexity index is 747. The quantitative estimate of drug-likeness (QED) is 0.723. The van der Waals surface area contributed by atoms with Crippen molar-refractivity contribution in [2.24, 2.45) is 23.2 Å². The lowest BCUT2D eigenvalue weighted by Gasteiger charge is -2.56. The number of nitrogens with zero attached hydrogens (tertiary/aromatic N) is 1. The van der Waals surface area contributed by atoms with Crippen molar-refractivity contribution in [2.75, 3.05) is 24.5 Å². The van der Waals surface area contributed by atoms with Gasteiger partial charge in [0.05, 0.1) is 6.54 Å². The van der Waals surface area contributed by atoms with Crippen LogP contribution in [0.25, 0.3) is 0 Å². The average Bonchev–Trinajstić information content (AvgIpc) is 3.24. The van der Waals surface area contributed by atoms with Crippen molar-refractivity contribution in [2.45, 2.75) is 64.3 Å². The van der Waals surface area contributed by atoms with Crippen LogP contribution in [0.3, 0.4) is 0 Å². The Hall–Kier alpha value is -2.04. The molecule has 0 spiro atoms. The van der Waals surface area contributed by atoms with Crippen LogP contribution in [0.1, 0.15) is 63.4 Å². The van der Waals surface area contributed by atoms with Crippen molar-refractivity contribution >= 4 is 17.5 Å². The smallest absolute Gasteiger partial charge is 0.239 e. The minimum atomic E-state index is -0.113. The van der Waals surface area contributed by atoms with Crippen molar-refractivity contribution in [1.82, 2.24) is 10.6 Å². The standard InChI is InChI=1S/C25H35N3O2/c29-23(15-25-12-19-9-20(13-25)11-21(10-19)14-25)27-17-24(30)26-16-18-3-5-22(6-4-18)28-7-1-2-8-28/h3-6,19-21H,1-2,7-17H2,(H,26,30)(H,27,29). The number of anilines is 1. The zero-order valence-corrected chi connectivity index (χ0v) is 18.0. The van der Waals surface area contributed by atoms with E-state index in [9.17, 15) is 9.59 Å².